The van der Waals surface area contributed by atoms with Gasteiger partial charge in [-0.05, 0) is 13.8 Å². The van der Waals surface area contributed by atoms with Crippen molar-refractivity contribution in [2.24, 2.45) is 0 Å². The summed E-state index contributed by atoms with van der Waals surface area (Å²) < 4.78 is 5.01. The Kier molecular flexibility index (Phi) is 3.84. The average Bonchev–Trinajstić information content (AvgIpc) is 2.92. The van der Waals surface area contributed by atoms with Crippen LogP contribution in [0.2, 0.25) is 0 Å². The molecule has 0 saturated carbocycles. The summed E-state index contributed by atoms with van der Waals surface area (Å²) in [4.78, 5) is 18.9. The fourth-order valence-corrected chi connectivity index (χ4v) is 2.39. The molecule has 0 spiro atoms. The Bertz CT molecular complexity index is 613. The van der Waals surface area contributed by atoms with Gasteiger partial charge in [0.05, 0.1) is 17.6 Å². The largest absolute Gasteiger partial charge is 0.481 e. The second-order valence-electron chi connectivity index (χ2n) is 4.57. The first-order valence-corrected chi connectivity index (χ1v) is 6.69. The Morgan fingerprint density at radius 1 is 1.45 bits per heavy atom. The SMILES string of the molecule is COc1ccc([N+](=O)[O-])c(NC(C)(C)c2nccs2)n1. The highest BCUT2D eigenvalue weighted by molar-refractivity contribution is 7.09. The second kappa shape index (κ2) is 5.41. The molecule has 0 fully saturated rings. The molecule has 7 nitrogen and oxygen atoms in total. The van der Waals surface area contributed by atoms with Crippen molar-refractivity contribution in [1.82, 2.24) is 9.97 Å². The number of aromatic nitrogens is 2. The number of methoxy groups -OCH3 is 1. The van der Waals surface area contributed by atoms with Crippen LogP contribution in [0.1, 0.15) is 18.9 Å². The number of hydrogen-bond donors (Lipinski definition) is 1. The summed E-state index contributed by atoms with van der Waals surface area (Å²) in [5, 5.41) is 16.8. The molecule has 0 aromatic carbocycles. The first-order valence-electron chi connectivity index (χ1n) is 5.81. The number of thiazole rings is 1. The third kappa shape index (κ3) is 2.85. The normalized spacial score (nSPS) is 11.2. The minimum Gasteiger partial charge on any atom is -0.481 e. The van der Waals surface area contributed by atoms with Crippen molar-refractivity contribution >= 4 is 22.8 Å². The van der Waals surface area contributed by atoms with E-state index in [-0.39, 0.29) is 11.5 Å². The summed E-state index contributed by atoms with van der Waals surface area (Å²) in [5.41, 5.74) is -0.673. The summed E-state index contributed by atoms with van der Waals surface area (Å²) >= 11 is 1.47. The van der Waals surface area contributed by atoms with E-state index >= 15 is 0 Å². The molecule has 2 heterocycles. The molecule has 106 valence electrons. The lowest BCUT2D eigenvalue weighted by atomic mass is 10.1. The molecule has 0 unspecified atom stereocenters. The zero-order chi connectivity index (χ0) is 14.8. The summed E-state index contributed by atoms with van der Waals surface area (Å²) in [5.74, 6) is 0.475. The van der Waals surface area contributed by atoms with Gasteiger partial charge < -0.3 is 10.1 Å². The number of nitrogens with one attached hydrogen (secondary N) is 1. The van der Waals surface area contributed by atoms with E-state index in [1.807, 2.05) is 19.2 Å². The Balaban J connectivity index is 2.39. The highest BCUT2D eigenvalue weighted by Crippen LogP contribution is 2.32. The highest BCUT2D eigenvalue weighted by atomic mass is 32.1. The maximum absolute atomic E-state index is 11.1. The summed E-state index contributed by atoms with van der Waals surface area (Å²) in [6, 6.07) is 2.83. The molecule has 0 aliphatic carbocycles. The van der Waals surface area contributed by atoms with E-state index < -0.39 is 10.5 Å². The van der Waals surface area contributed by atoms with Crippen molar-refractivity contribution in [1.29, 1.82) is 0 Å². The Morgan fingerprint density at radius 3 is 2.75 bits per heavy atom. The lowest BCUT2D eigenvalue weighted by Crippen LogP contribution is -2.28. The molecular formula is C12H14N4O3S. The van der Waals surface area contributed by atoms with E-state index in [1.165, 1.54) is 30.6 Å². The molecule has 2 aromatic rings. The van der Waals surface area contributed by atoms with Crippen molar-refractivity contribution in [2.45, 2.75) is 19.4 Å². The first-order chi connectivity index (χ1) is 9.44. The number of hydrogen-bond acceptors (Lipinski definition) is 7. The predicted molar refractivity (Wildman–Crippen MR) is 76.2 cm³/mol. The van der Waals surface area contributed by atoms with E-state index in [0.717, 1.165) is 5.01 Å². The minimum atomic E-state index is -0.571. The summed E-state index contributed by atoms with van der Waals surface area (Å²) in [6.45, 7) is 3.77. The van der Waals surface area contributed by atoms with Crippen LogP contribution in [0.3, 0.4) is 0 Å². The zero-order valence-electron chi connectivity index (χ0n) is 11.3. The molecule has 8 heteroatoms. The quantitative estimate of drug-likeness (QED) is 0.673. The van der Waals surface area contributed by atoms with Gasteiger partial charge in [-0.3, -0.25) is 10.1 Å². The molecule has 0 atom stereocenters. The number of nitrogens with zero attached hydrogens (tertiary/aromatic N) is 3. The Morgan fingerprint density at radius 2 is 2.20 bits per heavy atom. The molecule has 0 radical (unpaired) electrons. The number of anilines is 1. The predicted octanol–water partition coefficient (Wildman–Crippen LogP) is 2.80. The summed E-state index contributed by atoms with van der Waals surface area (Å²) in [7, 11) is 1.46. The minimum absolute atomic E-state index is 0.101. The van der Waals surface area contributed by atoms with Crippen LogP contribution in [0.4, 0.5) is 11.5 Å². The smallest absolute Gasteiger partial charge is 0.311 e. The molecule has 2 rings (SSSR count). The molecule has 0 bridgehead atoms. The lowest BCUT2D eigenvalue weighted by Gasteiger charge is -2.24. The maximum atomic E-state index is 11.1. The van der Waals surface area contributed by atoms with Crippen molar-refractivity contribution in [3.8, 4) is 5.88 Å². The van der Waals surface area contributed by atoms with Gasteiger partial charge in [0.1, 0.15) is 5.01 Å². The van der Waals surface area contributed by atoms with Gasteiger partial charge in [-0.1, -0.05) is 0 Å². The van der Waals surface area contributed by atoms with Crippen LogP contribution in [-0.4, -0.2) is 22.0 Å². The van der Waals surface area contributed by atoms with Crippen LogP contribution in [0, 0.1) is 10.1 Å². The number of rotatable bonds is 5. The highest BCUT2D eigenvalue weighted by Gasteiger charge is 2.28. The number of ether oxygens (including phenoxy) is 1. The van der Waals surface area contributed by atoms with Crippen molar-refractivity contribution < 1.29 is 9.66 Å². The van der Waals surface area contributed by atoms with E-state index in [2.05, 4.69) is 15.3 Å². The second-order valence-corrected chi connectivity index (χ2v) is 5.46. The molecular weight excluding hydrogens is 280 g/mol. The molecule has 2 aromatic heterocycles. The van der Waals surface area contributed by atoms with Crippen molar-refractivity contribution in [2.75, 3.05) is 12.4 Å². The molecule has 0 aliphatic rings. The van der Waals surface area contributed by atoms with Crippen LogP contribution in [0.25, 0.3) is 0 Å². The van der Waals surface area contributed by atoms with Gasteiger partial charge in [0.2, 0.25) is 11.7 Å². The van der Waals surface area contributed by atoms with Gasteiger partial charge in [0, 0.05) is 23.7 Å². The maximum Gasteiger partial charge on any atom is 0.311 e. The molecule has 0 amide bonds. The summed E-state index contributed by atoms with van der Waals surface area (Å²) in [6.07, 6.45) is 1.69. The van der Waals surface area contributed by atoms with Gasteiger partial charge in [0.15, 0.2) is 0 Å². The van der Waals surface area contributed by atoms with Crippen LogP contribution < -0.4 is 10.1 Å². The van der Waals surface area contributed by atoms with E-state index in [4.69, 9.17) is 4.74 Å². The fourth-order valence-electron chi connectivity index (χ4n) is 1.67. The van der Waals surface area contributed by atoms with Gasteiger partial charge in [-0.15, -0.1) is 11.3 Å². The average molecular weight is 294 g/mol. The third-order valence-electron chi connectivity index (χ3n) is 2.65. The lowest BCUT2D eigenvalue weighted by molar-refractivity contribution is -0.384. The van der Waals surface area contributed by atoms with Gasteiger partial charge in [-0.25, -0.2) is 4.98 Å². The topological polar surface area (TPSA) is 90.2 Å². The first kappa shape index (κ1) is 14.2. The van der Waals surface area contributed by atoms with Crippen LogP contribution in [0.15, 0.2) is 23.7 Å². The number of pyridine rings is 1. The third-order valence-corrected chi connectivity index (χ3v) is 3.75. The van der Waals surface area contributed by atoms with Crippen LogP contribution >= 0.6 is 11.3 Å². The molecule has 0 saturated heterocycles. The van der Waals surface area contributed by atoms with E-state index in [0.29, 0.717) is 5.88 Å². The van der Waals surface area contributed by atoms with Crippen molar-refractivity contribution in [3.63, 3.8) is 0 Å². The Hall–Kier alpha value is -2.22. The zero-order valence-corrected chi connectivity index (χ0v) is 12.1. The van der Waals surface area contributed by atoms with Gasteiger partial charge in [-0.2, -0.15) is 4.98 Å². The molecule has 20 heavy (non-hydrogen) atoms. The van der Waals surface area contributed by atoms with E-state index in [1.54, 1.807) is 6.20 Å². The van der Waals surface area contributed by atoms with Gasteiger partial charge in [0.25, 0.3) is 0 Å². The fraction of sp³-hybridized carbons (Fsp3) is 0.333. The van der Waals surface area contributed by atoms with E-state index in [9.17, 15) is 10.1 Å². The standard InChI is InChI=1S/C12H14N4O3S/c1-12(2,11-13-6-7-20-11)15-10-8(16(17)18)4-5-9(14-10)19-3/h4-7H,1-3H3,(H,14,15). The van der Waals surface area contributed by atoms with Gasteiger partial charge >= 0.3 is 5.69 Å². The Labute approximate surface area is 119 Å². The molecule has 0 aliphatic heterocycles. The number of nitro groups is 1. The monoisotopic (exact) mass is 294 g/mol. The molecule has 1 N–H and O–H groups in total. The van der Waals surface area contributed by atoms with Crippen molar-refractivity contribution in [3.05, 3.63) is 38.8 Å². The van der Waals surface area contributed by atoms with Crippen LogP contribution in [0.5, 0.6) is 5.88 Å². The van der Waals surface area contributed by atoms with Crippen LogP contribution in [-0.2, 0) is 5.54 Å².